The van der Waals surface area contributed by atoms with Gasteiger partial charge in [-0.15, -0.1) is 15.3 Å². The van der Waals surface area contributed by atoms with Crippen LogP contribution in [-0.2, 0) is 15.0 Å². The summed E-state index contributed by atoms with van der Waals surface area (Å²) in [6, 6.07) is 0. The fourth-order valence-corrected chi connectivity index (χ4v) is 3.14. The fourth-order valence-electron chi connectivity index (χ4n) is 3.14. The Morgan fingerprint density at radius 2 is 1.17 bits per heavy atom. The predicted molar refractivity (Wildman–Crippen MR) is 103 cm³/mol. The molecule has 0 saturated carbocycles. The average molecular weight is 522 g/mol. The monoisotopic (exact) mass is 522 g/mol. The number of hydrogen-bond donors (Lipinski definition) is 2. The molecule has 0 aliphatic carbocycles. The molecule has 2 rings (SSSR count). The maximum absolute atomic E-state index is 9.87. The van der Waals surface area contributed by atoms with E-state index < -0.39 is 16.6 Å². The third-order valence-electron chi connectivity index (χ3n) is 5.36. The number of nitrogens with one attached hydrogen (secondary N) is 2. The molecule has 19 heteroatoms. The molecule has 0 aromatic carbocycles. The van der Waals surface area contributed by atoms with Crippen molar-refractivity contribution < 1.29 is 119 Å². The van der Waals surface area contributed by atoms with E-state index in [9.17, 15) is 15.8 Å². The predicted octanol–water partition coefficient (Wildman–Crippen LogP) is -8.44. The van der Waals surface area contributed by atoms with E-state index in [-0.39, 0.29) is 113 Å². The van der Waals surface area contributed by atoms with Crippen LogP contribution in [0.2, 0.25) is 0 Å². The maximum Gasteiger partial charge on any atom is 1.00 e. The number of amidine groups is 2. The SMILES string of the molecule is CC1=NC(=N)C(C)(N=NO[O-])CC1(C)N=NO[O-].CC1=NC(=N)C(C)(N=NO[O-])CC1C.[Na+].[Na+].[Na+]. The summed E-state index contributed by atoms with van der Waals surface area (Å²) in [4.78, 5) is 17.9. The molecule has 0 radical (unpaired) electrons. The first-order valence-electron chi connectivity index (χ1n) is 9.30. The largest absolute Gasteiger partial charge is 1.00 e. The zero-order valence-electron chi connectivity index (χ0n) is 21.5. The molecule has 35 heavy (non-hydrogen) atoms. The average Bonchev–Trinajstić information content (AvgIpc) is 2.73. The molecular formula is C16H25N10Na3O6. The zero-order chi connectivity index (χ0) is 24.6. The molecule has 2 aliphatic heterocycles. The van der Waals surface area contributed by atoms with Gasteiger partial charge in [-0.3, -0.25) is 10.8 Å². The van der Waals surface area contributed by atoms with Crippen molar-refractivity contribution in [1.82, 2.24) is 0 Å². The van der Waals surface area contributed by atoms with Gasteiger partial charge in [-0.2, -0.15) is 0 Å². The molecule has 0 bridgehead atoms. The second kappa shape index (κ2) is 17.3. The van der Waals surface area contributed by atoms with Crippen molar-refractivity contribution >= 4 is 23.1 Å². The summed E-state index contributed by atoms with van der Waals surface area (Å²) in [6.07, 6.45) is 0.766. The van der Waals surface area contributed by atoms with Crippen molar-refractivity contribution in [2.24, 2.45) is 47.1 Å². The van der Waals surface area contributed by atoms with Gasteiger partial charge in [-0.05, 0) is 47.0 Å². The minimum absolute atomic E-state index is 0. The molecular weight excluding hydrogens is 497 g/mol. The smallest absolute Gasteiger partial charge is 0.636 e. The third-order valence-corrected chi connectivity index (χ3v) is 5.36. The summed E-state index contributed by atoms with van der Waals surface area (Å²) < 4.78 is 0. The molecule has 2 aliphatic rings. The van der Waals surface area contributed by atoms with E-state index in [2.05, 4.69) is 56.1 Å². The molecule has 4 unspecified atom stereocenters. The minimum Gasteiger partial charge on any atom is -0.636 e. The molecule has 0 fully saturated rings. The summed E-state index contributed by atoms with van der Waals surface area (Å²) in [7, 11) is 0. The van der Waals surface area contributed by atoms with Crippen molar-refractivity contribution in [2.45, 2.75) is 71.0 Å². The van der Waals surface area contributed by atoms with Crippen molar-refractivity contribution in [3.05, 3.63) is 0 Å². The molecule has 0 spiro atoms. The van der Waals surface area contributed by atoms with Gasteiger partial charge >= 0.3 is 88.7 Å². The van der Waals surface area contributed by atoms with Crippen LogP contribution in [0.4, 0.5) is 0 Å². The molecule has 2 heterocycles. The van der Waals surface area contributed by atoms with Crippen LogP contribution >= 0.6 is 0 Å². The Morgan fingerprint density at radius 1 is 0.771 bits per heavy atom. The van der Waals surface area contributed by atoms with Gasteiger partial charge < -0.3 is 30.7 Å². The number of aliphatic imine (C=N–C) groups is 2. The summed E-state index contributed by atoms with van der Waals surface area (Å²) in [5, 5.41) is 64.5. The van der Waals surface area contributed by atoms with Gasteiger partial charge in [0.05, 0.1) is 0 Å². The number of hydrogen-bond acceptors (Lipinski definition) is 14. The summed E-state index contributed by atoms with van der Waals surface area (Å²) in [5.74, 6) is 0.269. The molecule has 4 atom stereocenters. The van der Waals surface area contributed by atoms with Crippen LogP contribution in [0, 0.1) is 16.7 Å². The topological polar surface area (TPSA) is 243 Å². The van der Waals surface area contributed by atoms with Crippen molar-refractivity contribution in [3.63, 3.8) is 0 Å². The standard InChI is InChI=1S/C8H14N6O4.C8H14N4O2.3Na/c1-5-7(2,11-13-17-15)4-8(3,6(9)10-5)12-14-18-16;1-5-4-8(3,11-12-14-13)7(9)10-6(5)2;;;/h9,15-16H,4H2,1-3H3;5,9,13H,4H2,1-3H3;;;/q;;3*+1/p-3. The second-order valence-corrected chi connectivity index (χ2v) is 8.02. The molecule has 16 nitrogen and oxygen atoms in total. The first-order chi connectivity index (χ1) is 14.9. The van der Waals surface area contributed by atoms with Crippen LogP contribution in [0.1, 0.15) is 54.4 Å². The van der Waals surface area contributed by atoms with E-state index in [1.165, 1.54) is 0 Å². The third kappa shape index (κ3) is 11.0. The van der Waals surface area contributed by atoms with Gasteiger partial charge in [0, 0.05) is 33.7 Å². The van der Waals surface area contributed by atoms with Crippen LogP contribution in [0.25, 0.3) is 0 Å². The van der Waals surface area contributed by atoms with Crippen LogP contribution < -0.4 is 104 Å². The maximum atomic E-state index is 9.87. The van der Waals surface area contributed by atoms with E-state index in [0.717, 1.165) is 5.71 Å². The molecule has 0 saturated heterocycles. The molecule has 178 valence electrons. The van der Waals surface area contributed by atoms with E-state index in [0.29, 0.717) is 12.1 Å². The van der Waals surface area contributed by atoms with E-state index in [1.54, 1.807) is 27.7 Å². The Morgan fingerprint density at radius 3 is 1.63 bits per heavy atom. The quantitative estimate of drug-likeness (QED) is 0.148. The van der Waals surface area contributed by atoms with E-state index in [4.69, 9.17) is 10.8 Å². The molecule has 2 N–H and O–H groups in total. The van der Waals surface area contributed by atoms with Crippen LogP contribution in [0.3, 0.4) is 0 Å². The zero-order valence-corrected chi connectivity index (χ0v) is 27.5. The summed E-state index contributed by atoms with van der Waals surface area (Å²) in [6.45, 7) is 10.4. The Hall–Kier alpha value is -0.240. The first kappa shape index (κ1) is 39.3. The van der Waals surface area contributed by atoms with Gasteiger partial charge in [0.15, 0.2) is 0 Å². The van der Waals surface area contributed by atoms with E-state index >= 15 is 0 Å². The number of nitrogens with zero attached hydrogens (tertiary/aromatic N) is 8. The van der Waals surface area contributed by atoms with Gasteiger partial charge in [0.25, 0.3) is 0 Å². The number of rotatable bonds is 6. The van der Waals surface area contributed by atoms with E-state index in [1.807, 2.05) is 13.8 Å². The summed E-state index contributed by atoms with van der Waals surface area (Å²) >= 11 is 0. The Bertz CT molecular complexity index is 873. The van der Waals surface area contributed by atoms with Gasteiger partial charge in [0.1, 0.15) is 28.3 Å². The molecule has 0 amide bonds. The van der Waals surface area contributed by atoms with Crippen LogP contribution in [0.5, 0.6) is 0 Å². The Kier molecular flexibility index (Phi) is 19.4. The van der Waals surface area contributed by atoms with Crippen molar-refractivity contribution in [2.75, 3.05) is 0 Å². The van der Waals surface area contributed by atoms with Gasteiger partial charge in [-0.25, -0.2) is 9.98 Å². The van der Waals surface area contributed by atoms with Crippen molar-refractivity contribution in [1.29, 1.82) is 10.8 Å². The Labute approximate surface area is 268 Å². The molecule has 0 aromatic rings. The normalized spacial score (nSPS) is 30.3. The van der Waals surface area contributed by atoms with Crippen LogP contribution in [0.15, 0.2) is 41.2 Å². The van der Waals surface area contributed by atoms with Gasteiger partial charge in [0.2, 0.25) is 0 Å². The second-order valence-electron chi connectivity index (χ2n) is 8.02. The van der Waals surface area contributed by atoms with Crippen LogP contribution in [-0.4, -0.2) is 39.7 Å². The Balaban J connectivity index is -0.000000552. The fraction of sp³-hybridized carbons (Fsp3) is 0.750. The molecule has 0 aromatic heterocycles. The van der Waals surface area contributed by atoms with Gasteiger partial charge in [-0.1, -0.05) is 6.92 Å². The minimum atomic E-state index is -1.18. The summed E-state index contributed by atoms with van der Waals surface area (Å²) in [5.41, 5.74) is -1.59. The first-order valence-corrected chi connectivity index (χ1v) is 9.30. The van der Waals surface area contributed by atoms with Crippen molar-refractivity contribution in [3.8, 4) is 0 Å².